The normalized spacial score (nSPS) is 9.97. The second kappa shape index (κ2) is 19.0. The van der Waals surface area contributed by atoms with E-state index < -0.39 is 6.10 Å². The van der Waals surface area contributed by atoms with Gasteiger partial charge in [0.1, 0.15) is 11.5 Å². The Hall–Kier alpha value is -3.15. The molecule has 1 atom stereocenters. The van der Waals surface area contributed by atoms with Crippen molar-refractivity contribution in [2.45, 2.75) is 26.9 Å². The maximum Gasteiger partial charge on any atom is 1.00 e. The number of aromatic nitrogens is 4. The third-order valence-corrected chi connectivity index (χ3v) is 4.13. The molecule has 0 saturated carbocycles. The zero-order valence-corrected chi connectivity index (χ0v) is 23.4. The number of nitrogens with zero attached hydrogens (tertiary/aromatic N) is 4. The Labute approximate surface area is 242 Å². The second-order valence-electron chi connectivity index (χ2n) is 6.91. The van der Waals surface area contributed by atoms with Gasteiger partial charge in [-0.05, 0) is 74.9 Å². The fourth-order valence-corrected chi connectivity index (χ4v) is 2.46. The Morgan fingerprint density at radius 1 is 0.838 bits per heavy atom. The molecular weight excluding hydrogens is 482 g/mol. The van der Waals surface area contributed by atoms with Gasteiger partial charge in [0.15, 0.2) is 5.78 Å². The van der Waals surface area contributed by atoms with E-state index in [1.165, 1.54) is 6.92 Å². The summed E-state index contributed by atoms with van der Waals surface area (Å²) in [5, 5.41) is 16.9. The first-order chi connectivity index (χ1) is 16.9. The third kappa shape index (κ3) is 13.1. The minimum atomic E-state index is -0.470. The average Bonchev–Trinajstić information content (AvgIpc) is 2.87. The van der Waals surface area contributed by atoms with Crippen LogP contribution in [0.15, 0.2) is 85.5 Å². The van der Waals surface area contributed by atoms with E-state index in [9.17, 15) is 9.90 Å². The largest absolute Gasteiger partial charge is 1.00 e. The Bertz CT molecular complexity index is 1140. The van der Waals surface area contributed by atoms with Crippen LogP contribution in [-0.2, 0) is 0 Å². The van der Waals surface area contributed by atoms with Crippen LogP contribution in [0.3, 0.4) is 0 Å². The van der Waals surface area contributed by atoms with Crippen molar-refractivity contribution >= 4 is 14.2 Å². The third-order valence-electron chi connectivity index (χ3n) is 4.13. The Kier molecular flexibility index (Phi) is 17.4. The molecule has 11 heteroatoms. The number of ketones is 1. The molecule has 0 spiro atoms. The van der Waals surface area contributed by atoms with Crippen LogP contribution in [0.25, 0.3) is 0 Å². The summed E-state index contributed by atoms with van der Waals surface area (Å²) in [5.74, 6) is 1.29. The van der Waals surface area contributed by atoms with Gasteiger partial charge >= 0.3 is 41.6 Å². The average molecular weight is 511 g/mol. The zero-order valence-electron chi connectivity index (χ0n) is 22.4. The van der Waals surface area contributed by atoms with Crippen molar-refractivity contribution in [3.8, 4) is 23.5 Å². The smallest absolute Gasteiger partial charge is 1.00 e. The summed E-state index contributed by atoms with van der Waals surface area (Å²) in [6.45, 7) is 5.17. The fourth-order valence-electron chi connectivity index (χ4n) is 2.46. The predicted octanol–water partition coefficient (Wildman–Crippen LogP) is 1.53. The summed E-state index contributed by atoms with van der Waals surface area (Å²) in [5.41, 5.74) is 1.50. The molecule has 187 valence electrons. The van der Waals surface area contributed by atoms with Gasteiger partial charge in [-0.3, -0.25) is 4.79 Å². The monoisotopic (exact) mass is 511 g/mol. The molecule has 0 fully saturated rings. The number of carbonyl (C=O) groups is 1. The van der Waals surface area contributed by atoms with E-state index in [2.05, 4.69) is 19.9 Å². The topological polar surface area (TPSA) is 128 Å². The van der Waals surface area contributed by atoms with Gasteiger partial charge in [0.2, 0.25) is 0 Å². The second-order valence-corrected chi connectivity index (χ2v) is 6.91. The maximum atomic E-state index is 11.0. The fraction of sp³-hybridized carbons (Fsp3) is 0.192. The van der Waals surface area contributed by atoms with Gasteiger partial charge in [-0.25, -0.2) is 19.9 Å². The summed E-state index contributed by atoms with van der Waals surface area (Å²) < 4.78 is 10.8. The van der Waals surface area contributed by atoms with Crippen molar-refractivity contribution in [3.63, 3.8) is 0 Å². The molecule has 2 heterocycles. The van der Waals surface area contributed by atoms with Gasteiger partial charge in [0.25, 0.3) is 0 Å². The standard InChI is InChI=1S/C12H12N2O2.C12H10N2O2.C2H6O.B.Na.H/c2*1-9(15)10-3-5-11(6-4-10)16-12-13-7-2-8-14-12;1-2-3;;;/h2-9,15H,1H3;2-8H,1H3;3H,2H2,1H3;;;/q;;;;+1;-1. The van der Waals surface area contributed by atoms with Gasteiger partial charge in [-0.1, -0.05) is 12.1 Å². The molecule has 0 saturated heterocycles. The summed E-state index contributed by atoms with van der Waals surface area (Å²) in [7, 11) is 0. The summed E-state index contributed by atoms with van der Waals surface area (Å²) in [4.78, 5) is 26.8. The van der Waals surface area contributed by atoms with Crippen LogP contribution >= 0.6 is 0 Å². The molecule has 2 N–H and O–H groups in total. The number of ether oxygens (including phenoxy) is 2. The minimum Gasteiger partial charge on any atom is -1.00 e. The predicted molar refractivity (Wildman–Crippen MR) is 137 cm³/mol. The van der Waals surface area contributed by atoms with Gasteiger partial charge < -0.3 is 21.1 Å². The zero-order chi connectivity index (χ0) is 25.5. The van der Waals surface area contributed by atoms with Gasteiger partial charge in [-0.2, -0.15) is 0 Å². The molecule has 0 amide bonds. The molecule has 9 nitrogen and oxygen atoms in total. The van der Waals surface area contributed by atoms with Crippen molar-refractivity contribution in [1.29, 1.82) is 0 Å². The molecule has 0 aliphatic heterocycles. The Balaban J connectivity index is 0. The van der Waals surface area contributed by atoms with Crippen molar-refractivity contribution in [1.82, 2.24) is 19.9 Å². The molecule has 0 aliphatic rings. The van der Waals surface area contributed by atoms with Crippen molar-refractivity contribution in [2.75, 3.05) is 6.61 Å². The van der Waals surface area contributed by atoms with E-state index in [1.807, 2.05) is 12.1 Å². The summed E-state index contributed by atoms with van der Waals surface area (Å²) >= 11 is 0. The van der Waals surface area contributed by atoms with Crippen molar-refractivity contribution in [2.24, 2.45) is 0 Å². The van der Waals surface area contributed by atoms with E-state index in [4.69, 9.17) is 14.6 Å². The first kappa shape index (κ1) is 33.9. The van der Waals surface area contributed by atoms with Crippen LogP contribution in [-0.4, -0.2) is 51.0 Å². The van der Waals surface area contributed by atoms with E-state index in [0.29, 0.717) is 23.1 Å². The van der Waals surface area contributed by atoms with Crippen LogP contribution in [0.4, 0.5) is 0 Å². The number of Topliss-reactive ketones (excluding diaryl/α,β-unsaturated/α-hetero) is 1. The SMILES string of the molecule is CC(=O)c1ccc(Oc2ncccn2)cc1.CC(O)c1ccc(Oc2ncccn2)cc1.CCO.[B].[H-].[Na+]. The number of aliphatic hydroxyl groups is 2. The first-order valence-corrected chi connectivity index (χ1v) is 10.8. The van der Waals surface area contributed by atoms with E-state index in [1.54, 1.807) is 87.2 Å². The molecule has 0 bridgehead atoms. The molecule has 3 radical (unpaired) electrons. The van der Waals surface area contributed by atoms with Crippen LogP contribution in [0.2, 0.25) is 0 Å². The molecule has 2 aromatic carbocycles. The number of carbonyl (C=O) groups excluding carboxylic acids is 1. The number of rotatable bonds is 6. The number of aliphatic hydroxyl groups excluding tert-OH is 2. The Morgan fingerprint density at radius 2 is 1.19 bits per heavy atom. The summed E-state index contributed by atoms with van der Waals surface area (Å²) in [6.07, 6.45) is 5.97. The van der Waals surface area contributed by atoms with E-state index in [-0.39, 0.29) is 57.8 Å². The van der Waals surface area contributed by atoms with E-state index >= 15 is 0 Å². The number of benzene rings is 2. The van der Waals surface area contributed by atoms with Crippen molar-refractivity contribution < 1.29 is 55.5 Å². The molecular formula is C26H29BN4NaO5. The summed E-state index contributed by atoms with van der Waals surface area (Å²) in [6, 6.07) is 18.1. The van der Waals surface area contributed by atoms with Crippen LogP contribution < -0.4 is 39.0 Å². The van der Waals surface area contributed by atoms with Crippen LogP contribution in [0, 0.1) is 0 Å². The number of hydrogen-bond acceptors (Lipinski definition) is 9. The van der Waals surface area contributed by atoms with E-state index in [0.717, 1.165) is 5.56 Å². The Morgan fingerprint density at radius 3 is 1.51 bits per heavy atom. The molecule has 4 aromatic rings. The van der Waals surface area contributed by atoms with Gasteiger partial charge in [0, 0.05) is 45.4 Å². The first-order valence-electron chi connectivity index (χ1n) is 10.8. The minimum absolute atomic E-state index is 0. The molecule has 0 aliphatic carbocycles. The maximum absolute atomic E-state index is 11.0. The van der Waals surface area contributed by atoms with Crippen molar-refractivity contribution in [3.05, 3.63) is 96.6 Å². The molecule has 1 unspecified atom stereocenters. The van der Waals surface area contributed by atoms with Crippen LogP contribution in [0.5, 0.6) is 23.5 Å². The van der Waals surface area contributed by atoms with Crippen LogP contribution in [0.1, 0.15) is 44.2 Å². The molecule has 37 heavy (non-hydrogen) atoms. The quantitative estimate of drug-likeness (QED) is 0.293. The molecule has 2 aromatic heterocycles. The molecule has 4 rings (SSSR count). The van der Waals surface area contributed by atoms with Gasteiger partial charge in [-0.15, -0.1) is 0 Å². The number of hydrogen-bond donors (Lipinski definition) is 2. The van der Waals surface area contributed by atoms with Gasteiger partial charge in [0.05, 0.1) is 6.10 Å².